The van der Waals surface area contributed by atoms with Gasteiger partial charge in [-0.3, -0.25) is 9.48 Å². The zero-order chi connectivity index (χ0) is 19.8. The molecular weight excluding hydrogens is 352 g/mol. The Morgan fingerprint density at radius 3 is 2.93 bits per heavy atom. The molecule has 4 rings (SSSR count). The highest BCUT2D eigenvalue weighted by molar-refractivity contribution is 5.96. The Labute approximate surface area is 166 Å². The first-order valence-corrected chi connectivity index (χ1v) is 10.0. The van der Waals surface area contributed by atoms with E-state index in [1.54, 1.807) is 4.68 Å². The second kappa shape index (κ2) is 7.56. The number of benzene rings is 1. The van der Waals surface area contributed by atoms with Crippen molar-refractivity contribution < 1.29 is 4.79 Å². The van der Waals surface area contributed by atoms with Crippen molar-refractivity contribution in [1.29, 1.82) is 0 Å². The van der Waals surface area contributed by atoms with E-state index in [1.807, 2.05) is 19.3 Å². The Balaban J connectivity index is 1.51. The topological polar surface area (TPSA) is 65.4 Å². The maximum Gasteiger partial charge on any atom is 0.246 e. The second-order valence-corrected chi connectivity index (χ2v) is 8.18. The molecule has 3 heterocycles. The molecule has 1 aromatic carbocycles. The van der Waals surface area contributed by atoms with Gasteiger partial charge in [0, 0.05) is 62.3 Å². The van der Waals surface area contributed by atoms with Crippen LogP contribution >= 0.6 is 0 Å². The van der Waals surface area contributed by atoms with Gasteiger partial charge in [-0.2, -0.15) is 5.10 Å². The van der Waals surface area contributed by atoms with Crippen molar-refractivity contribution in [2.75, 3.05) is 43.9 Å². The lowest BCUT2D eigenvalue weighted by Gasteiger charge is -2.25. The monoisotopic (exact) mass is 382 g/mol. The van der Waals surface area contributed by atoms with Crippen LogP contribution < -0.4 is 15.5 Å². The van der Waals surface area contributed by atoms with Crippen molar-refractivity contribution in [3.63, 3.8) is 0 Å². The molecule has 2 N–H and O–H groups in total. The summed E-state index contributed by atoms with van der Waals surface area (Å²) in [6.07, 6.45) is 3.97. The van der Waals surface area contributed by atoms with Crippen molar-refractivity contribution in [2.45, 2.75) is 31.8 Å². The van der Waals surface area contributed by atoms with Crippen molar-refractivity contribution in [3.8, 4) is 0 Å². The summed E-state index contributed by atoms with van der Waals surface area (Å²) in [6, 6.07) is 6.42. The van der Waals surface area contributed by atoms with E-state index in [2.05, 4.69) is 58.7 Å². The fourth-order valence-corrected chi connectivity index (χ4v) is 4.29. The number of aromatic nitrogens is 2. The smallest absolute Gasteiger partial charge is 0.246 e. The van der Waals surface area contributed by atoms with E-state index in [0.29, 0.717) is 6.04 Å². The van der Waals surface area contributed by atoms with Gasteiger partial charge in [0.05, 0.1) is 5.69 Å². The summed E-state index contributed by atoms with van der Waals surface area (Å²) >= 11 is 0. The number of rotatable bonds is 4. The lowest BCUT2D eigenvalue weighted by atomic mass is 10.0. The minimum Gasteiger partial charge on any atom is -0.370 e. The zero-order valence-electron chi connectivity index (χ0n) is 17.2. The summed E-state index contributed by atoms with van der Waals surface area (Å²) in [4.78, 5) is 17.7. The lowest BCUT2D eigenvalue weighted by Crippen LogP contribution is -2.37. The number of likely N-dealkylation sites (N-methyl/N-ethyl adjacent to an activating group) is 1. The number of hydrogen-bond donors (Lipinski definition) is 2. The number of nitrogens with one attached hydrogen (secondary N) is 2. The summed E-state index contributed by atoms with van der Waals surface area (Å²) in [6.45, 7) is 4.97. The largest absolute Gasteiger partial charge is 0.370 e. The lowest BCUT2D eigenvalue weighted by molar-refractivity contribution is -0.118. The highest BCUT2D eigenvalue weighted by atomic mass is 16.2. The predicted octanol–water partition coefficient (Wildman–Crippen LogP) is 1.69. The maximum absolute atomic E-state index is 13.0. The van der Waals surface area contributed by atoms with Crippen LogP contribution in [0, 0.1) is 6.92 Å². The molecule has 0 radical (unpaired) electrons. The third-order valence-electron chi connectivity index (χ3n) is 5.93. The van der Waals surface area contributed by atoms with Crippen molar-refractivity contribution in [2.24, 2.45) is 7.05 Å². The molecule has 0 bridgehead atoms. The molecule has 2 aliphatic rings. The third kappa shape index (κ3) is 3.64. The first kappa shape index (κ1) is 19.0. The first-order valence-electron chi connectivity index (χ1n) is 10.0. The highest BCUT2D eigenvalue weighted by Crippen LogP contribution is 2.29. The summed E-state index contributed by atoms with van der Waals surface area (Å²) in [5.74, 6) is -0.0312. The second-order valence-electron chi connectivity index (χ2n) is 8.18. The Morgan fingerprint density at radius 2 is 2.18 bits per heavy atom. The maximum atomic E-state index is 13.0. The number of anilines is 2. The van der Waals surface area contributed by atoms with Crippen LogP contribution in [0.15, 0.2) is 24.4 Å². The average molecular weight is 383 g/mol. The number of carbonyl (C=O) groups is 1. The van der Waals surface area contributed by atoms with Gasteiger partial charge in [0.1, 0.15) is 6.04 Å². The number of amides is 1. The molecule has 0 saturated carbocycles. The van der Waals surface area contributed by atoms with E-state index in [1.165, 1.54) is 17.7 Å². The number of carbonyl (C=O) groups excluding carboxylic acids is 1. The van der Waals surface area contributed by atoms with Gasteiger partial charge in [0.15, 0.2) is 0 Å². The van der Waals surface area contributed by atoms with Crippen LogP contribution in [0.1, 0.15) is 29.3 Å². The van der Waals surface area contributed by atoms with Gasteiger partial charge >= 0.3 is 0 Å². The molecule has 7 heteroatoms. The van der Waals surface area contributed by atoms with Crippen LogP contribution in [-0.4, -0.2) is 60.4 Å². The van der Waals surface area contributed by atoms with E-state index in [4.69, 9.17) is 0 Å². The summed E-state index contributed by atoms with van der Waals surface area (Å²) in [7, 11) is 6.18. The fraction of sp³-hybridized carbons (Fsp3) is 0.524. The molecule has 0 aliphatic carbocycles. The fourth-order valence-electron chi connectivity index (χ4n) is 4.29. The quantitative estimate of drug-likeness (QED) is 0.843. The average Bonchev–Trinajstić information content (AvgIpc) is 3.28. The SMILES string of the molecule is Cc1ccc(NC(=O)C2NCCc3nn(C)cc32)cc1N1CCC(N(C)C)C1. The van der Waals surface area contributed by atoms with E-state index in [9.17, 15) is 4.79 Å². The molecule has 1 fully saturated rings. The molecule has 28 heavy (non-hydrogen) atoms. The van der Waals surface area contributed by atoms with Gasteiger partial charge in [-0.1, -0.05) is 6.07 Å². The Hall–Kier alpha value is -2.38. The van der Waals surface area contributed by atoms with Crippen LogP contribution in [0.25, 0.3) is 0 Å². The van der Waals surface area contributed by atoms with Crippen molar-refractivity contribution in [3.05, 3.63) is 41.2 Å². The first-order chi connectivity index (χ1) is 13.4. The van der Waals surface area contributed by atoms with Gasteiger partial charge < -0.3 is 20.4 Å². The van der Waals surface area contributed by atoms with Crippen LogP contribution in [0.4, 0.5) is 11.4 Å². The summed E-state index contributed by atoms with van der Waals surface area (Å²) < 4.78 is 1.79. The molecule has 1 saturated heterocycles. The summed E-state index contributed by atoms with van der Waals surface area (Å²) in [5.41, 5.74) is 5.28. The van der Waals surface area contributed by atoms with Gasteiger partial charge in [0.2, 0.25) is 5.91 Å². The molecule has 2 aromatic rings. The molecule has 7 nitrogen and oxygen atoms in total. The van der Waals surface area contributed by atoms with Crippen molar-refractivity contribution >= 4 is 17.3 Å². The number of nitrogens with zero attached hydrogens (tertiary/aromatic N) is 4. The molecule has 2 unspecified atom stereocenters. The van der Waals surface area contributed by atoms with Crippen LogP contribution in [0.2, 0.25) is 0 Å². The minimum absolute atomic E-state index is 0.0312. The molecule has 2 atom stereocenters. The number of fused-ring (bicyclic) bond motifs is 1. The molecular formula is C21H30N6O. The normalized spacial score (nSPS) is 21.8. The number of hydrogen-bond acceptors (Lipinski definition) is 5. The molecule has 150 valence electrons. The van der Waals surface area contributed by atoms with Crippen LogP contribution in [-0.2, 0) is 18.3 Å². The van der Waals surface area contributed by atoms with Crippen LogP contribution in [0.3, 0.4) is 0 Å². The minimum atomic E-state index is -0.355. The molecule has 1 amide bonds. The Bertz CT molecular complexity index is 874. The van der Waals surface area contributed by atoms with Crippen molar-refractivity contribution in [1.82, 2.24) is 20.0 Å². The van der Waals surface area contributed by atoms with E-state index in [0.717, 1.165) is 43.0 Å². The third-order valence-corrected chi connectivity index (χ3v) is 5.93. The highest BCUT2D eigenvalue weighted by Gasteiger charge is 2.29. The predicted molar refractivity (Wildman–Crippen MR) is 112 cm³/mol. The van der Waals surface area contributed by atoms with Crippen LogP contribution in [0.5, 0.6) is 0 Å². The van der Waals surface area contributed by atoms with Gasteiger partial charge in [-0.15, -0.1) is 0 Å². The standard InChI is InChI=1S/C21H30N6O/c1-14-5-6-15(11-19(14)27-10-8-16(12-27)25(2)3)23-21(28)20-17-13-26(4)24-18(17)7-9-22-20/h5-6,11,13,16,20,22H,7-10,12H2,1-4H3,(H,23,28). The number of aryl methyl sites for hydroxylation is 2. The summed E-state index contributed by atoms with van der Waals surface area (Å²) in [5, 5.41) is 10.9. The molecule has 1 aromatic heterocycles. The Kier molecular flexibility index (Phi) is 5.12. The zero-order valence-corrected chi connectivity index (χ0v) is 17.2. The Morgan fingerprint density at radius 1 is 1.36 bits per heavy atom. The van der Waals surface area contributed by atoms with E-state index >= 15 is 0 Å². The van der Waals surface area contributed by atoms with Gasteiger partial charge in [0.25, 0.3) is 0 Å². The van der Waals surface area contributed by atoms with Gasteiger partial charge in [-0.25, -0.2) is 0 Å². The van der Waals surface area contributed by atoms with Gasteiger partial charge in [-0.05, 0) is 45.1 Å². The molecule has 2 aliphatic heterocycles. The molecule has 0 spiro atoms. The van der Waals surface area contributed by atoms with E-state index in [-0.39, 0.29) is 11.9 Å². The van der Waals surface area contributed by atoms with E-state index < -0.39 is 0 Å².